The van der Waals surface area contributed by atoms with Crippen LogP contribution in [0, 0.1) is 0 Å². The number of esters is 1. The third-order valence-electron chi connectivity index (χ3n) is 3.79. The van der Waals surface area contributed by atoms with E-state index in [2.05, 4.69) is 20.3 Å². The molecular formula is C17H26N6O2. The second-order valence-electron chi connectivity index (χ2n) is 6.00. The van der Waals surface area contributed by atoms with Gasteiger partial charge in [0.2, 0.25) is 0 Å². The maximum absolute atomic E-state index is 12.1. The Kier molecular flexibility index (Phi) is 6.35. The summed E-state index contributed by atoms with van der Waals surface area (Å²) in [6, 6.07) is 3.84. The Morgan fingerprint density at radius 3 is 2.80 bits per heavy atom. The standard InChI is InChI=1S/C17H26N6O2/c1-4-25-17(24)16(18)13-10-23(8-7-14(13)21-11(2)3)15-6-5-12(22-19)9-20-15/h5-6,9,11,22H,4,7-8,10,18-19H2,1-3H3/b16-13-,21-14?. The number of carbonyl (C=O) groups is 1. The highest BCUT2D eigenvalue weighted by molar-refractivity contribution is 6.08. The van der Waals surface area contributed by atoms with Gasteiger partial charge in [-0.3, -0.25) is 10.8 Å². The third-order valence-corrected chi connectivity index (χ3v) is 3.79. The van der Waals surface area contributed by atoms with E-state index in [-0.39, 0.29) is 18.3 Å². The summed E-state index contributed by atoms with van der Waals surface area (Å²) in [5.41, 5.74) is 11.0. The molecule has 0 atom stereocenters. The molecule has 25 heavy (non-hydrogen) atoms. The minimum absolute atomic E-state index is 0.117. The predicted octanol–water partition coefficient (Wildman–Crippen LogP) is 1.20. The summed E-state index contributed by atoms with van der Waals surface area (Å²) in [6.07, 6.45) is 2.34. The number of hydrazine groups is 1. The van der Waals surface area contributed by atoms with Crippen LogP contribution in [0.5, 0.6) is 0 Å². The number of pyridine rings is 1. The predicted molar refractivity (Wildman–Crippen MR) is 99.3 cm³/mol. The highest BCUT2D eigenvalue weighted by Gasteiger charge is 2.26. The zero-order valence-corrected chi connectivity index (χ0v) is 15.0. The quantitative estimate of drug-likeness (QED) is 0.317. The van der Waals surface area contributed by atoms with E-state index in [1.807, 2.05) is 26.0 Å². The highest BCUT2D eigenvalue weighted by atomic mass is 16.5. The van der Waals surface area contributed by atoms with Crippen molar-refractivity contribution in [1.82, 2.24) is 4.98 Å². The van der Waals surface area contributed by atoms with Crippen molar-refractivity contribution in [1.29, 1.82) is 0 Å². The van der Waals surface area contributed by atoms with Crippen molar-refractivity contribution < 1.29 is 9.53 Å². The first-order valence-electron chi connectivity index (χ1n) is 8.36. The summed E-state index contributed by atoms with van der Waals surface area (Å²) in [5, 5.41) is 0. The van der Waals surface area contributed by atoms with E-state index in [4.69, 9.17) is 16.3 Å². The van der Waals surface area contributed by atoms with Gasteiger partial charge in [0, 0.05) is 36.8 Å². The second kappa shape index (κ2) is 8.48. The lowest BCUT2D eigenvalue weighted by atomic mass is 9.99. The first-order valence-corrected chi connectivity index (χ1v) is 8.36. The molecule has 0 saturated carbocycles. The topological polar surface area (TPSA) is 119 Å². The summed E-state index contributed by atoms with van der Waals surface area (Å²) >= 11 is 0. The molecule has 1 aromatic rings. The highest BCUT2D eigenvalue weighted by Crippen LogP contribution is 2.23. The summed E-state index contributed by atoms with van der Waals surface area (Å²) in [7, 11) is 0. The number of rotatable bonds is 5. The number of carbonyl (C=O) groups excluding carboxylic acids is 1. The molecule has 8 heteroatoms. The number of nitrogens with two attached hydrogens (primary N) is 2. The number of aliphatic imine (C=N–C) groups is 1. The molecule has 0 aliphatic carbocycles. The fourth-order valence-electron chi connectivity index (χ4n) is 2.63. The number of hydrogen-bond acceptors (Lipinski definition) is 8. The van der Waals surface area contributed by atoms with Crippen LogP contribution in [0.3, 0.4) is 0 Å². The molecule has 0 unspecified atom stereocenters. The molecule has 1 aliphatic heterocycles. The van der Waals surface area contributed by atoms with Crippen molar-refractivity contribution >= 4 is 23.2 Å². The van der Waals surface area contributed by atoms with Crippen molar-refractivity contribution in [3.8, 4) is 0 Å². The zero-order chi connectivity index (χ0) is 18.4. The molecule has 2 rings (SSSR count). The van der Waals surface area contributed by atoms with Crippen LogP contribution < -0.4 is 21.9 Å². The van der Waals surface area contributed by atoms with E-state index < -0.39 is 5.97 Å². The molecule has 0 radical (unpaired) electrons. The van der Waals surface area contributed by atoms with Gasteiger partial charge in [0.25, 0.3) is 0 Å². The summed E-state index contributed by atoms with van der Waals surface area (Å²) in [6.45, 7) is 7.23. The zero-order valence-electron chi connectivity index (χ0n) is 15.0. The van der Waals surface area contributed by atoms with Crippen LogP contribution in [-0.4, -0.2) is 42.4 Å². The molecule has 5 N–H and O–H groups in total. The number of hydrogen-bond donors (Lipinski definition) is 3. The molecule has 0 bridgehead atoms. The van der Waals surface area contributed by atoms with Crippen LogP contribution in [0.1, 0.15) is 27.2 Å². The van der Waals surface area contributed by atoms with E-state index in [1.54, 1.807) is 13.1 Å². The van der Waals surface area contributed by atoms with Gasteiger partial charge in [-0.15, -0.1) is 0 Å². The smallest absolute Gasteiger partial charge is 0.354 e. The number of nitrogen functional groups attached to an aromatic ring is 1. The SMILES string of the molecule is CCOC(=O)/C(N)=C1\CN(c2ccc(NN)cn2)CCC1=NC(C)C. The summed E-state index contributed by atoms with van der Waals surface area (Å²) in [4.78, 5) is 23.2. The van der Waals surface area contributed by atoms with Gasteiger partial charge in [-0.2, -0.15) is 0 Å². The molecule has 2 heterocycles. The summed E-state index contributed by atoms with van der Waals surface area (Å²) in [5.74, 6) is 5.65. The molecule has 136 valence electrons. The molecule has 0 amide bonds. The number of nitrogens with zero attached hydrogens (tertiary/aromatic N) is 3. The van der Waals surface area contributed by atoms with Crippen LogP contribution in [0.4, 0.5) is 11.5 Å². The maximum Gasteiger partial charge on any atom is 0.354 e. The van der Waals surface area contributed by atoms with Gasteiger partial charge in [0.1, 0.15) is 11.5 Å². The molecule has 1 aliphatic rings. The van der Waals surface area contributed by atoms with Crippen molar-refractivity contribution in [3.05, 3.63) is 29.6 Å². The van der Waals surface area contributed by atoms with Gasteiger partial charge in [-0.05, 0) is 32.9 Å². The molecule has 0 aromatic carbocycles. The minimum Gasteiger partial charge on any atom is -0.461 e. The number of ether oxygens (including phenoxy) is 1. The van der Waals surface area contributed by atoms with Crippen LogP contribution in [0.25, 0.3) is 0 Å². The van der Waals surface area contributed by atoms with Gasteiger partial charge in [-0.25, -0.2) is 9.78 Å². The van der Waals surface area contributed by atoms with Crippen molar-refractivity contribution in [3.63, 3.8) is 0 Å². The Bertz CT molecular complexity index is 666. The lowest BCUT2D eigenvalue weighted by Crippen LogP contribution is -2.39. The fourth-order valence-corrected chi connectivity index (χ4v) is 2.63. The maximum atomic E-state index is 12.1. The average Bonchev–Trinajstić information content (AvgIpc) is 2.61. The summed E-state index contributed by atoms with van der Waals surface area (Å²) < 4.78 is 5.05. The number of aromatic nitrogens is 1. The van der Waals surface area contributed by atoms with E-state index in [9.17, 15) is 4.79 Å². The lowest BCUT2D eigenvalue weighted by Gasteiger charge is -2.31. The van der Waals surface area contributed by atoms with E-state index >= 15 is 0 Å². The largest absolute Gasteiger partial charge is 0.461 e. The van der Waals surface area contributed by atoms with Crippen molar-refractivity contribution in [2.24, 2.45) is 16.6 Å². The first kappa shape index (κ1) is 18.7. The number of piperidine rings is 1. The van der Waals surface area contributed by atoms with E-state index in [0.29, 0.717) is 18.5 Å². The average molecular weight is 346 g/mol. The van der Waals surface area contributed by atoms with E-state index in [1.165, 1.54) is 0 Å². The monoisotopic (exact) mass is 346 g/mol. The van der Waals surface area contributed by atoms with E-state index in [0.717, 1.165) is 23.8 Å². The van der Waals surface area contributed by atoms with Crippen molar-refractivity contribution in [2.75, 3.05) is 30.0 Å². The van der Waals surface area contributed by atoms with Crippen LogP contribution in [0.15, 0.2) is 34.6 Å². The van der Waals surface area contributed by atoms with Crippen LogP contribution in [0.2, 0.25) is 0 Å². The van der Waals surface area contributed by atoms with Crippen molar-refractivity contribution in [2.45, 2.75) is 33.2 Å². The van der Waals surface area contributed by atoms with Gasteiger partial charge in [0.05, 0.1) is 18.5 Å². The lowest BCUT2D eigenvalue weighted by molar-refractivity contribution is -0.138. The fraction of sp³-hybridized carbons (Fsp3) is 0.471. The Hall–Kier alpha value is -2.61. The minimum atomic E-state index is -0.508. The molecule has 1 aromatic heterocycles. The van der Waals surface area contributed by atoms with Gasteiger partial charge >= 0.3 is 5.97 Å². The second-order valence-corrected chi connectivity index (χ2v) is 6.00. The molecule has 8 nitrogen and oxygen atoms in total. The molecule has 1 saturated heterocycles. The third kappa shape index (κ3) is 4.69. The number of anilines is 2. The van der Waals surface area contributed by atoms with Gasteiger partial charge in [0.15, 0.2) is 0 Å². The molecule has 1 fully saturated rings. The Labute approximate surface area is 147 Å². The Morgan fingerprint density at radius 2 is 2.24 bits per heavy atom. The van der Waals surface area contributed by atoms with Crippen LogP contribution >= 0.6 is 0 Å². The first-order chi connectivity index (χ1) is 12.0. The molecule has 0 spiro atoms. The molecular weight excluding hydrogens is 320 g/mol. The number of nitrogens with one attached hydrogen (secondary N) is 1. The van der Waals surface area contributed by atoms with Crippen LogP contribution in [-0.2, 0) is 9.53 Å². The van der Waals surface area contributed by atoms with Gasteiger partial charge < -0.3 is 20.8 Å². The Balaban J connectivity index is 2.32. The van der Waals surface area contributed by atoms with Gasteiger partial charge in [-0.1, -0.05) is 0 Å². The normalized spacial score (nSPS) is 18.4. The Morgan fingerprint density at radius 1 is 1.48 bits per heavy atom.